The molecule has 0 saturated heterocycles. The van der Waals surface area contributed by atoms with Gasteiger partial charge in [-0.3, -0.25) is 9.48 Å². The van der Waals surface area contributed by atoms with Gasteiger partial charge in [0.25, 0.3) is 5.91 Å². The number of hydrogen-bond donors (Lipinski definition) is 2. The number of nitrogens with zero attached hydrogens (tertiary/aromatic N) is 2. The van der Waals surface area contributed by atoms with E-state index in [1.807, 2.05) is 26.8 Å². The molecule has 5 nitrogen and oxygen atoms in total. The molecule has 0 bridgehead atoms. The Morgan fingerprint density at radius 1 is 1.59 bits per heavy atom. The number of nitrogens with one attached hydrogen (secondary N) is 1. The van der Waals surface area contributed by atoms with Gasteiger partial charge in [-0.15, -0.1) is 0 Å². The van der Waals surface area contributed by atoms with Gasteiger partial charge >= 0.3 is 0 Å². The second-order valence-corrected chi connectivity index (χ2v) is 4.87. The fourth-order valence-corrected chi connectivity index (χ4v) is 1.71. The monoisotopic (exact) mass is 238 g/mol. The summed E-state index contributed by atoms with van der Waals surface area (Å²) in [6.07, 6.45) is 1.57. The fourth-order valence-electron chi connectivity index (χ4n) is 1.71. The van der Waals surface area contributed by atoms with Crippen LogP contribution >= 0.6 is 0 Å². The molecule has 1 rings (SSSR count). The molecule has 0 spiro atoms. The molecule has 0 saturated carbocycles. The highest BCUT2D eigenvalue weighted by molar-refractivity contribution is 5.93. The van der Waals surface area contributed by atoms with Crippen LogP contribution in [-0.4, -0.2) is 27.8 Å². The smallest absolute Gasteiger partial charge is 0.269 e. The Morgan fingerprint density at radius 3 is 2.71 bits per heavy atom. The molecule has 0 unspecified atom stereocenters. The van der Waals surface area contributed by atoms with Crippen molar-refractivity contribution in [2.24, 2.45) is 12.8 Å². The number of aromatic nitrogens is 2. The maximum Gasteiger partial charge on any atom is 0.269 e. The van der Waals surface area contributed by atoms with Crippen molar-refractivity contribution in [1.82, 2.24) is 15.1 Å². The summed E-state index contributed by atoms with van der Waals surface area (Å²) in [5, 5.41) is 7.23. The van der Waals surface area contributed by atoms with Crippen LogP contribution in [0.4, 0.5) is 0 Å². The van der Waals surface area contributed by atoms with Gasteiger partial charge in [0.05, 0.1) is 5.69 Å². The van der Waals surface area contributed by atoms with Crippen LogP contribution in [0, 0.1) is 0 Å². The summed E-state index contributed by atoms with van der Waals surface area (Å²) in [5.41, 5.74) is 6.74. The van der Waals surface area contributed by atoms with Crippen molar-refractivity contribution in [3.8, 4) is 0 Å². The van der Waals surface area contributed by atoms with Crippen LogP contribution in [0.15, 0.2) is 6.07 Å². The molecule has 1 heterocycles. The van der Waals surface area contributed by atoms with Gasteiger partial charge in [-0.2, -0.15) is 5.10 Å². The van der Waals surface area contributed by atoms with Gasteiger partial charge in [-0.25, -0.2) is 0 Å². The SMILES string of the molecule is CCc1cc(C(=O)NC(C)(C)CCN)n(C)n1. The molecule has 1 aromatic rings. The van der Waals surface area contributed by atoms with E-state index in [4.69, 9.17) is 5.73 Å². The Bertz CT molecular complexity index is 395. The average molecular weight is 238 g/mol. The second kappa shape index (κ2) is 5.31. The number of carbonyl (C=O) groups excluding carboxylic acids is 1. The van der Waals surface area contributed by atoms with Gasteiger partial charge in [-0.05, 0) is 39.3 Å². The predicted molar refractivity (Wildman–Crippen MR) is 67.8 cm³/mol. The normalized spacial score (nSPS) is 11.6. The zero-order valence-electron chi connectivity index (χ0n) is 11.1. The molecule has 0 aliphatic carbocycles. The van der Waals surface area contributed by atoms with Crippen LogP contribution in [0.5, 0.6) is 0 Å². The summed E-state index contributed by atoms with van der Waals surface area (Å²) < 4.78 is 1.62. The molecule has 5 heteroatoms. The van der Waals surface area contributed by atoms with Crippen LogP contribution in [0.25, 0.3) is 0 Å². The average Bonchev–Trinajstić information content (AvgIpc) is 2.58. The van der Waals surface area contributed by atoms with Gasteiger partial charge < -0.3 is 11.1 Å². The van der Waals surface area contributed by atoms with Crippen molar-refractivity contribution in [2.75, 3.05) is 6.54 Å². The lowest BCUT2D eigenvalue weighted by atomic mass is 10.0. The molecule has 17 heavy (non-hydrogen) atoms. The molecule has 1 amide bonds. The zero-order chi connectivity index (χ0) is 13.1. The first-order valence-electron chi connectivity index (χ1n) is 5.95. The largest absolute Gasteiger partial charge is 0.346 e. The molecule has 0 aliphatic heterocycles. The molecule has 1 aromatic heterocycles. The summed E-state index contributed by atoms with van der Waals surface area (Å²) in [7, 11) is 1.78. The third kappa shape index (κ3) is 3.56. The lowest BCUT2D eigenvalue weighted by Gasteiger charge is -2.25. The number of hydrogen-bond acceptors (Lipinski definition) is 3. The second-order valence-electron chi connectivity index (χ2n) is 4.87. The van der Waals surface area contributed by atoms with Gasteiger partial charge in [-0.1, -0.05) is 6.92 Å². The number of amides is 1. The fraction of sp³-hybridized carbons (Fsp3) is 0.667. The first kappa shape index (κ1) is 13.7. The van der Waals surface area contributed by atoms with Gasteiger partial charge in [0.2, 0.25) is 0 Å². The van der Waals surface area contributed by atoms with Crippen molar-refractivity contribution in [3.63, 3.8) is 0 Å². The molecule has 96 valence electrons. The van der Waals surface area contributed by atoms with E-state index in [0.717, 1.165) is 18.5 Å². The molecular formula is C12H22N4O. The van der Waals surface area contributed by atoms with Crippen LogP contribution in [0.3, 0.4) is 0 Å². The van der Waals surface area contributed by atoms with E-state index < -0.39 is 0 Å². The van der Waals surface area contributed by atoms with Crippen molar-refractivity contribution < 1.29 is 4.79 Å². The standard InChI is InChI=1S/C12H22N4O/c1-5-9-8-10(16(4)15-9)11(17)14-12(2,3)6-7-13/h8H,5-7,13H2,1-4H3,(H,14,17). The van der Waals surface area contributed by atoms with Crippen LogP contribution in [0.2, 0.25) is 0 Å². The third-order valence-corrected chi connectivity index (χ3v) is 2.75. The number of nitrogens with two attached hydrogens (primary N) is 1. The maximum atomic E-state index is 12.1. The summed E-state index contributed by atoms with van der Waals surface area (Å²) in [6, 6.07) is 1.83. The Hall–Kier alpha value is -1.36. The number of carbonyl (C=O) groups is 1. The molecule has 0 radical (unpaired) electrons. The molecule has 0 fully saturated rings. The van der Waals surface area contributed by atoms with Crippen molar-refractivity contribution >= 4 is 5.91 Å². The van der Waals surface area contributed by atoms with Gasteiger partial charge in [0.1, 0.15) is 5.69 Å². The van der Waals surface area contributed by atoms with E-state index in [2.05, 4.69) is 10.4 Å². The highest BCUT2D eigenvalue weighted by Crippen LogP contribution is 2.10. The maximum absolute atomic E-state index is 12.1. The highest BCUT2D eigenvalue weighted by Gasteiger charge is 2.22. The van der Waals surface area contributed by atoms with Crippen molar-refractivity contribution in [3.05, 3.63) is 17.5 Å². The Kier molecular flexibility index (Phi) is 4.28. The minimum Gasteiger partial charge on any atom is -0.346 e. The lowest BCUT2D eigenvalue weighted by Crippen LogP contribution is -2.45. The summed E-state index contributed by atoms with van der Waals surface area (Å²) in [4.78, 5) is 12.1. The third-order valence-electron chi connectivity index (χ3n) is 2.75. The molecule has 3 N–H and O–H groups in total. The first-order valence-corrected chi connectivity index (χ1v) is 5.95. The van der Waals surface area contributed by atoms with E-state index in [1.54, 1.807) is 11.7 Å². The van der Waals surface area contributed by atoms with Gasteiger partial charge in [0, 0.05) is 12.6 Å². The molecule has 0 aliphatic rings. The molecule has 0 aromatic carbocycles. The van der Waals surface area contributed by atoms with Gasteiger partial charge in [0.15, 0.2) is 0 Å². The topological polar surface area (TPSA) is 72.9 Å². The number of aryl methyl sites for hydroxylation is 2. The predicted octanol–water partition coefficient (Wildman–Crippen LogP) is 0.840. The van der Waals surface area contributed by atoms with E-state index >= 15 is 0 Å². The summed E-state index contributed by atoms with van der Waals surface area (Å²) in [5.74, 6) is -0.0989. The summed E-state index contributed by atoms with van der Waals surface area (Å²) >= 11 is 0. The quantitative estimate of drug-likeness (QED) is 0.798. The minimum absolute atomic E-state index is 0.0989. The van der Waals surface area contributed by atoms with E-state index in [0.29, 0.717) is 12.2 Å². The first-order chi connectivity index (χ1) is 7.89. The Morgan fingerprint density at radius 2 is 2.24 bits per heavy atom. The van der Waals surface area contributed by atoms with E-state index in [9.17, 15) is 4.79 Å². The minimum atomic E-state index is -0.289. The van der Waals surface area contributed by atoms with E-state index in [1.165, 1.54) is 0 Å². The lowest BCUT2D eigenvalue weighted by molar-refractivity contribution is 0.0900. The Balaban J connectivity index is 2.79. The number of rotatable bonds is 5. The highest BCUT2D eigenvalue weighted by atomic mass is 16.2. The Labute approximate surface area is 102 Å². The molecular weight excluding hydrogens is 216 g/mol. The van der Waals surface area contributed by atoms with Crippen molar-refractivity contribution in [2.45, 2.75) is 39.2 Å². The summed E-state index contributed by atoms with van der Waals surface area (Å²) in [6.45, 7) is 6.50. The molecule has 0 atom stereocenters. The van der Waals surface area contributed by atoms with Crippen LogP contribution in [-0.2, 0) is 13.5 Å². The van der Waals surface area contributed by atoms with Crippen LogP contribution in [0.1, 0.15) is 43.4 Å². The van der Waals surface area contributed by atoms with E-state index in [-0.39, 0.29) is 11.4 Å². The van der Waals surface area contributed by atoms with Crippen LogP contribution < -0.4 is 11.1 Å². The van der Waals surface area contributed by atoms with Crippen molar-refractivity contribution in [1.29, 1.82) is 0 Å². The zero-order valence-corrected chi connectivity index (χ0v) is 11.1.